The number of benzene rings is 3. The first-order valence-electron chi connectivity index (χ1n) is 13.8. The van der Waals surface area contributed by atoms with Crippen LogP contribution in [0.15, 0.2) is 76.8 Å². The molecule has 2 heterocycles. The van der Waals surface area contributed by atoms with E-state index in [1.807, 2.05) is 72.3 Å². The molecule has 8 heteroatoms. The molecule has 0 N–H and O–H groups in total. The molecule has 0 bridgehead atoms. The van der Waals surface area contributed by atoms with Gasteiger partial charge in [-0.2, -0.15) is 9.78 Å². The van der Waals surface area contributed by atoms with E-state index < -0.39 is 6.04 Å². The maximum absolute atomic E-state index is 13.9. The third-order valence-corrected chi connectivity index (χ3v) is 7.32. The number of hydrogen-bond donors (Lipinski definition) is 0. The van der Waals surface area contributed by atoms with Crippen LogP contribution in [0.3, 0.4) is 0 Å². The number of carbonyl (C=O) groups excluding carboxylic acids is 1. The number of nitrogens with zero attached hydrogens (tertiary/aromatic N) is 4. The predicted octanol–water partition coefficient (Wildman–Crippen LogP) is 6.46. The Hall–Kier alpha value is -4.72. The molecule has 0 saturated heterocycles. The Morgan fingerprint density at radius 1 is 1.05 bits per heavy atom. The lowest BCUT2D eigenvalue weighted by atomic mass is 9.96. The monoisotopic (exact) mass is 550 g/mol. The zero-order valence-electron chi connectivity index (χ0n) is 24.2. The standard InChI is InChI=1S/C33H34N4O4/c1-7-41-33(39)22(5)36-19-23(24-12-9-11-15-29(24)36)18-34-37-31(35-28-14-10-8-13-25(28)32(37)38)27-17-26(20(2)3)30(40-6)16-21(27)4/h8-20,22H,7H2,1-6H3/t22-/m1/s1. The molecule has 0 aliphatic carbocycles. The number of rotatable bonds is 8. The minimum absolute atomic E-state index is 0.195. The lowest BCUT2D eigenvalue weighted by Crippen LogP contribution is -2.21. The first-order chi connectivity index (χ1) is 19.7. The van der Waals surface area contributed by atoms with Crippen LogP contribution in [0.1, 0.15) is 56.3 Å². The number of methoxy groups -OCH3 is 1. The van der Waals surface area contributed by atoms with Crippen molar-refractivity contribution in [3.63, 3.8) is 0 Å². The van der Waals surface area contributed by atoms with E-state index in [1.54, 1.807) is 33.2 Å². The molecule has 3 aromatic carbocycles. The second kappa shape index (κ2) is 11.4. The summed E-state index contributed by atoms with van der Waals surface area (Å²) < 4.78 is 14.2. The van der Waals surface area contributed by atoms with Crippen molar-refractivity contribution in [2.24, 2.45) is 5.10 Å². The van der Waals surface area contributed by atoms with Gasteiger partial charge in [0.15, 0.2) is 5.82 Å². The second-order valence-electron chi connectivity index (χ2n) is 10.3. The molecule has 5 aromatic rings. The van der Waals surface area contributed by atoms with Crippen molar-refractivity contribution in [1.29, 1.82) is 0 Å². The molecule has 210 valence electrons. The Morgan fingerprint density at radius 3 is 2.46 bits per heavy atom. The van der Waals surface area contributed by atoms with Gasteiger partial charge in [0.25, 0.3) is 5.56 Å². The van der Waals surface area contributed by atoms with Crippen LogP contribution in [0.5, 0.6) is 5.75 Å². The molecule has 0 spiro atoms. The van der Waals surface area contributed by atoms with Gasteiger partial charge >= 0.3 is 5.97 Å². The lowest BCUT2D eigenvalue weighted by molar-refractivity contribution is -0.146. The predicted molar refractivity (Wildman–Crippen MR) is 163 cm³/mol. The molecular formula is C33H34N4O4. The molecule has 41 heavy (non-hydrogen) atoms. The maximum atomic E-state index is 13.9. The minimum Gasteiger partial charge on any atom is -0.496 e. The van der Waals surface area contributed by atoms with Gasteiger partial charge in [0.05, 0.1) is 30.8 Å². The number of para-hydroxylation sites is 2. The molecule has 0 amide bonds. The Labute approximate surface area is 238 Å². The molecule has 2 aromatic heterocycles. The Bertz CT molecular complexity index is 1850. The summed E-state index contributed by atoms with van der Waals surface area (Å²) in [6, 6.07) is 18.5. The zero-order valence-corrected chi connectivity index (χ0v) is 24.2. The van der Waals surface area contributed by atoms with Crippen molar-refractivity contribution in [2.75, 3.05) is 13.7 Å². The van der Waals surface area contributed by atoms with Crippen LogP contribution in [0, 0.1) is 6.92 Å². The van der Waals surface area contributed by atoms with Crippen LogP contribution in [0.4, 0.5) is 0 Å². The highest BCUT2D eigenvalue weighted by atomic mass is 16.5. The highest BCUT2D eigenvalue weighted by molar-refractivity contribution is 6.00. The van der Waals surface area contributed by atoms with Gasteiger partial charge in [-0.05, 0) is 68.1 Å². The van der Waals surface area contributed by atoms with Crippen LogP contribution >= 0.6 is 0 Å². The molecule has 0 aliphatic rings. The Morgan fingerprint density at radius 2 is 1.76 bits per heavy atom. The molecule has 1 atom stereocenters. The highest BCUT2D eigenvalue weighted by Gasteiger charge is 2.21. The SMILES string of the molecule is CCOC(=O)[C@@H](C)n1cc(C=Nn2c(-c3cc(C(C)C)c(OC)cc3C)nc3ccccc3c2=O)c2ccccc21. The molecule has 0 radical (unpaired) electrons. The summed E-state index contributed by atoms with van der Waals surface area (Å²) >= 11 is 0. The van der Waals surface area contributed by atoms with Gasteiger partial charge in [0.2, 0.25) is 0 Å². The van der Waals surface area contributed by atoms with E-state index >= 15 is 0 Å². The van der Waals surface area contributed by atoms with Gasteiger partial charge in [-0.25, -0.2) is 9.78 Å². The maximum Gasteiger partial charge on any atom is 0.328 e. The van der Waals surface area contributed by atoms with E-state index in [0.717, 1.165) is 38.9 Å². The number of aryl methyl sites for hydroxylation is 1. The zero-order chi connectivity index (χ0) is 29.3. The summed E-state index contributed by atoms with van der Waals surface area (Å²) in [7, 11) is 1.66. The number of esters is 1. The van der Waals surface area contributed by atoms with E-state index in [9.17, 15) is 9.59 Å². The van der Waals surface area contributed by atoms with Gasteiger partial charge in [0, 0.05) is 28.2 Å². The fraction of sp³-hybridized carbons (Fsp3) is 0.273. The molecule has 0 saturated carbocycles. The molecule has 5 rings (SSSR count). The third kappa shape index (κ3) is 5.13. The smallest absolute Gasteiger partial charge is 0.328 e. The largest absolute Gasteiger partial charge is 0.496 e. The van der Waals surface area contributed by atoms with Crippen molar-refractivity contribution in [3.8, 4) is 17.1 Å². The molecule has 0 fully saturated rings. The average molecular weight is 551 g/mol. The summed E-state index contributed by atoms with van der Waals surface area (Å²) in [6.45, 7) is 10.1. The van der Waals surface area contributed by atoms with Crippen LogP contribution in [0.25, 0.3) is 33.2 Å². The summed E-state index contributed by atoms with van der Waals surface area (Å²) in [5.41, 5.74) is 4.68. The fourth-order valence-corrected chi connectivity index (χ4v) is 5.12. The summed E-state index contributed by atoms with van der Waals surface area (Å²) in [6.07, 6.45) is 3.52. The molecule has 8 nitrogen and oxygen atoms in total. The number of fused-ring (bicyclic) bond motifs is 2. The Kier molecular flexibility index (Phi) is 7.75. The van der Waals surface area contributed by atoms with Gasteiger partial charge in [-0.1, -0.05) is 44.2 Å². The van der Waals surface area contributed by atoms with Crippen molar-refractivity contribution >= 4 is 34.0 Å². The summed E-state index contributed by atoms with van der Waals surface area (Å²) in [5, 5.41) is 6.10. The van der Waals surface area contributed by atoms with Crippen molar-refractivity contribution in [2.45, 2.75) is 46.6 Å². The number of hydrogen-bond acceptors (Lipinski definition) is 6. The second-order valence-corrected chi connectivity index (χ2v) is 10.3. The lowest BCUT2D eigenvalue weighted by Gasteiger charge is -2.17. The normalized spacial score (nSPS) is 12.5. The topological polar surface area (TPSA) is 87.7 Å². The molecule has 0 unspecified atom stereocenters. The van der Waals surface area contributed by atoms with Gasteiger partial charge in [-0.15, -0.1) is 0 Å². The van der Waals surface area contributed by atoms with Crippen molar-refractivity contribution in [1.82, 2.24) is 14.2 Å². The van der Waals surface area contributed by atoms with Gasteiger partial charge < -0.3 is 14.0 Å². The highest BCUT2D eigenvalue weighted by Crippen LogP contribution is 2.34. The number of ether oxygens (including phenoxy) is 2. The van der Waals surface area contributed by atoms with Crippen LogP contribution in [-0.2, 0) is 9.53 Å². The van der Waals surface area contributed by atoms with Gasteiger partial charge in [0.1, 0.15) is 11.8 Å². The average Bonchev–Trinajstić information content (AvgIpc) is 3.34. The van der Waals surface area contributed by atoms with E-state index in [1.165, 1.54) is 4.68 Å². The first kappa shape index (κ1) is 27.8. The quantitative estimate of drug-likeness (QED) is 0.163. The molecule has 0 aliphatic heterocycles. The first-order valence-corrected chi connectivity index (χ1v) is 13.8. The van der Waals surface area contributed by atoms with E-state index in [2.05, 4.69) is 13.8 Å². The fourth-order valence-electron chi connectivity index (χ4n) is 5.12. The van der Waals surface area contributed by atoms with Crippen molar-refractivity contribution < 1.29 is 14.3 Å². The number of carbonyl (C=O) groups is 1. The minimum atomic E-state index is -0.529. The van der Waals surface area contributed by atoms with Crippen molar-refractivity contribution in [3.05, 3.63) is 93.9 Å². The van der Waals surface area contributed by atoms with E-state index in [4.69, 9.17) is 19.6 Å². The van der Waals surface area contributed by atoms with Crippen LogP contribution in [-0.4, -0.2) is 40.1 Å². The molecular weight excluding hydrogens is 516 g/mol. The van der Waals surface area contributed by atoms with E-state index in [-0.39, 0.29) is 17.4 Å². The van der Waals surface area contributed by atoms with Crippen LogP contribution < -0.4 is 10.3 Å². The summed E-state index contributed by atoms with van der Waals surface area (Å²) in [4.78, 5) is 31.3. The van der Waals surface area contributed by atoms with Crippen LogP contribution in [0.2, 0.25) is 0 Å². The van der Waals surface area contributed by atoms with Gasteiger partial charge in [-0.3, -0.25) is 4.79 Å². The number of aromatic nitrogens is 3. The summed E-state index contributed by atoms with van der Waals surface area (Å²) in [5.74, 6) is 1.12. The Balaban J connectivity index is 1.72. The van der Waals surface area contributed by atoms with E-state index in [0.29, 0.717) is 23.3 Å². The third-order valence-electron chi connectivity index (χ3n) is 7.32.